The largest absolute Gasteiger partial charge is 0.345 e. The highest BCUT2D eigenvalue weighted by Gasteiger charge is 2.11. The van der Waals surface area contributed by atoms with Gasteiger partial charge in [0.05, 0.1) is 27.4 Å². The summed E-state index contributed by atoms with van der Waals surface area (Å²) in [5.74, 6) is -1.07. The summed E-state index contributed by atoms with van der Waals surface area (Å²) in [6.45, 7) is 0. The monoisotopic (exact) mass is 323 g/mol. The van der Waals surface area contributed by atoms with Crippen molar-refractivity contribution in [2.24, 2.45) is 0 Å². The van der Waals surface area contributed by atoms with Crippen LogP contribution in [-0.2, 0) is 0 Å². The summed E-state index contributed by atoms with van der Waals surface area (Å²) in [7, 11) is 0. The Morgan fingerprint density at radius 3 is 2.62 bits per heavy atom. The molecule has 3 aromatic rings. The quantitative estimate of drug-likeness (QED) is 0.692. The predicted octanol–water partition coefficient (Wildman–Crippen LogP) is 4.26. The molecule has 0 aliphatic rings. The minimum Gasteiger partial charge on any atom is -0.345 e. The van der Waals surface area contributed by atoms with E-state index >= 15 is 0 Å². The number of nitrogens with zero attached hydrogens (tertiary/aromatic N) is 1. The van der Waals surface area contributed by atoms with Gasteiger partial charge in [-0.1, -0.05) is 23.2 Å². The van der Waals surface area contributed by atoms with Crippen molar-refractivity contribution in [3.8, 4) is 0 Å². The van der Waals surface area contributed by atoms with Gasteiger partial charge < -0.3 is 10.3 Å². The van der Waals surface area contributed by atoms with Crippen LogP contribution in [0.5, 0.6) is 0 Å². The second-order valence-corrected chi connectivity index (χ2v) is 5.16. The number of carbonyl (C=O) groups is 1. The van der Waals surface area contributed by atoms with Gasteiger partial charge >= 0.3 is 0 Å². The SMILES string of the molecule is O=C(Nc1cc(Cl)c(F)c(Cl)c1)c1ccc2nc[nH]c2c1. The summed E-state index contributed by atoms with van der Waals surface area (Å²) in [6.07, 6.45) is 1.55. The maximum atomic E-state index is 13.3. The minimum absolute atomic E-state index is 0.151. The normalized spacial score (nSPS) is 10.8. The maximum absolute atomic E-state index is 13.3. The number of benzene rings is 2. The van der Waals surface area contributed by atoms with Gasteiger partial charge in [0.2, 0.25) is 0 Å². The molecule has 106 valence electrons. The third kappa shape index (κ3) is 2.70. The molecule has 3 rings (SSSR count). The summed E-state index contributed by atoms with van der Waals surface area (Å²) in [5, 5.41) is 2.31. The van der Waals surface area contributed by atoms with Gasteiger partial charge in [-0.05, 0) is 30.3 Å². The number of imidazole rings is 1. The third-order valence-corrected chi connectivity index (χ3v) is 3.47. The zero-order valence-corrected chi connectivity index (χ0v) is 12.0. The number of anilines is 1. The van der Waals surface area contributed by atoms with E-state index in [4.69, 9.17) is 23.2 Å². The number of fused-ring (bicyclic) bond motifs is 1. The summed E-state index contributed by atoms with van der Waals surface area (Å²) >= 11 is 11.4. The van der Waals surface area contributed by atoms with Gasteiger partial charge in [-0.3, -0.25) is 4.79 Å². The Hall–Kier alpha value is -2.11. The van der Waals surface area contributed by atoms with Crippen molar-refractivity contribution in [1.29, 1.82) is 0 Å². The van der Waals surface area contributed by atoms with Gasteiger partial charge in [0, 0.05) is 11.3 Å². The van der Waals surface area contributed by atoms with Crippen LogP contribution in [-0.4, -0.2) is 15.9 Å². The lowest BCUT2D eigenvalue weighted by Gasteiger charge is -2.07. The molecule has 0 fully saturated rings. The lowest BCUT2D eigenvalue weighted by atomic mass is 10.2. The molecule has 4 nitrogen and oxygen atoms in total. The predicted molar refractivity (Wildman–Crippen MR) is 80.5 cm³/mol. The highest BCUT2D eigenvalue weighted by Crippen LogP contribution is 2.27. The number of aromatic amines is 1. The van der Waals surface area contributed by atoms with Gasteiger partial charge in [0.25, 0.3) is 5.91 Å². The first-order valence-electron chi connectivity index (χ1n) is 5.93. The lowest BCUT2D eigenvalue weighted by Crippen LogP contribution is -2.12. The molecule has 1 heterocycles. The zero-order chi connectivity index (χ0) is 15.0. The van der Waals surface area contributed by atoms with Crippen LogP contribution in [0.2, 0.25) is 10.0 Å². The van der Waals surface area contributed by atoms with Crippen molar-refractivity contribution >= 4 is 45.8 Å². The van der Waals surface area contributed by atoms with E-state index in [1.165, 1.54) is 12.1 Å². The van der Waals surface area contributed by atoms with E-state index in [1.54, 1.807) is 24.5 Å². The van der Waals surface area contributed by atoms with Crippen LogP contribution in [0.1, 0.15) is 10.4 Å². The van der Waals surface area contributed by atoms with E-state index in [2.05, 4.69) is 15.3 Å². The van der Waals surface area contributed by atoms with Crippen LogP contribution in [0.4, 0.5) is 10.1 Å². The fourth-order valence-electron chi connectivity index (χ4n) is 1.91. The molecule has 0 bridgehead atoms. The molecular formula is C14H8Cl2FN3O. The first-order chi connectivity index (χ1) is 10.0. The second-order valence-electron chi connectivity index (χ2n) is 4.34. The molecule has 0 unspecified atom stereocenters. The Bertz CT molecular complexity index is 824. The van der Waals surface area contributed by atoms with Crippen LogP contribution in [0, 0.1) is 5.82 Å². The number of halogens is 3. The van der Waals surface area contributed by atoms with Crippen LogP contribution in [0.3, 0.4) is 0 Å². The highest BCUT2D eigenvalue weighted by molar-refractivity contribution is 6.35. The van der Waals surface area contributed by atoms with Gasteiger partial charge in [0.1, 0.15) is 0 Å². The van der Waals surface area contributed by atoms with Crippen LogP contribution in [0.25, 0.3) is 11.0 Å². The molecule has 0 radical (unpaired) electrons. The topological polar surface area (TPSA) is 57.8 Å². The molecule has 2 N–H and O–H groups in total. The van der Waals surface area contributed by atoms with Crippen molar-refractivity contribution in [1.82, 2.24) is 9.97 Å². The second kappa shape index (κ2) is 5.35. The van der Waals surface area contributed by atoms with Crippen LogP contribution < -0.4 is 5.32 Å². The van der Waals surface area contributed by atoms with E-state index in [1.807, 2.05) is 0 Å². The number of carbonyl (C=O) groups excluding carboxylic acids is 1. The van der Waals surface area contributed by atoms with E-state index in [0.29, 0.717) is 11.3 Å². The Morgan fingerprint density at radius 2 is 1.90 bits per heavy atom. The van der Waals surface area contributed by atoms with E-state index in [9.17, 15) is 9.18 Å². The molecule has 7 heteroatoms. The molecule has 0 atom stereocenters. The Kier molecular flexibility index (Phi) is 3.53. The molecule has 21 heavy (non-hydrogen) atoms. The van der Waals surface area contributed by atoms with Crippen molar-refractivity contribution in [3.63, 3.8) is 0 Å². The van der Waals surface area contributed by atoms with Crippen LogP contribution >= 0.6 is 23.2 Å². The number of amides is 1. The van der Waals surface area contributed by atoms with E-state index in [0.717, 1.165) is 11.0 Å². The summed E-state index contributed by atoms with van der Waals surface area (Å²) < 4.78 is 13.3. The average Bonchev–Trinajstić information content (AvgIpc) is 2.91. The Balaban J connectivity index is 1.88. The number of hydrogen-bond donors (Lipinski definition) is 2. The van der Waals surface area contributed by atoms with Gasteiger partial charge in [-0.25, -0.2) is 9.37 Å². The van der Waals surface area contributed by atoms with Gasteiger partial charge in [0.15, 0.2) is 5.82 Å². The average molecular weight is 324 g/mol. The Labute approximate surface area is 128 Å². The van der Waals surface area contributed by atoms with Gasteiger partial charge in [-0.15, -0.1) is 0 Å². The molecule has 1 aromatic heterocycles. The molecule has 0 aliphatic carbocycles. The number of nitrogens with one attached hydrogen (secondary N) is 2. The third-order valence-electron chi connectivity index (χ3n) is 2.92. The number of H-pyrrole nitrogens is 1. The highest BCUT2D eigenvalue weighted by atomic mass is 35.5. The Morgan fingerprint density at radius 1 is 1.19 bits per heavy atom. The van der Waals surface area contributed by atoms with Crippen molar-refractivity contribution < 1.29 is 9.18 Å². The van der Waals surface area contributed by atoms with Crippen molar-refractivity contribution in [2.75, 3.05) is 5.32 Å². The summed E-state index contributed by atoms with van der Waals surface area (Å²) in [5.41, 5.74) is 2.27. The first-order valence-corrected chi connectivity index (χ1v) is 6.69. The lowest BCUT2D eigenvalue weighted by molar-refractivity contribution is 0.102. The molecule has 2 aromatic carbocycles. The van der Waals surface area contributed by atoms with Crippen molar-refractivity contribution in [2.45, 2.75) is 0 Å². The molecule has 0 aliphatic heterocycles. The molecule has 0 spiro atoms. The fourth-order valence-corrected chi connectivity index (χ4v) is 2.39. The molecule has 0 saturated heterocycles. The van der Waals surface area contributed by atoms with Crippen molar-refractivity contribution in [3.05, 3.63) is 58.1 Å². The number of rotatable bonds is 2. The summed E-state index contributed by atoms with van der Waals surface area (Å²) in [4.78, 5) is 19.2. The number of hydrogen-bond acceptors (Lipinski definition) is 2. The smallest absolute Gasteiger partial charge is 0.255 e. The minimum atomic E-state index is -0.713. The zero-order valence-electron chi connectivity index (χ0n) is 10.5. The molecule has 1 amide bonds. The standard InChI is InChI=1S/C14H8Cl2FN3O/c15-9-4-8(5-10(16)13(9)17)20-14(21)7-1-2-11-12(3-7)19-6-18-11/h1-6H,(H,18,19)(H,20,21). The van der Waals surface area contributed by atoms with E-state index in [-0.39, 0.29) is 16.0 Å². The van der Waals surface area contributed by atoms with E-state index < -0.39 is 5.82 Å². The first kappa shape index (κ1) is 13.9. The maximum Gasteiger partial charge on any atom is 0.255 e. The fraction of sp³-hybridized carbons (Fsp3) is 0. The van der Waals surface area contributed by atoms with Gasteiger partial charge in [-0.2, -0.15) is 0 Å². The van der Waals surface area contributed by atoms with Crippen LogP contribution in [0.15, 0.2) is 36.7 Å². The number of aromatic nitrogens is 2. The summed E-state index contributed by atoms with van der Waals surface area (Å²) in [6, 6.07) is 7.64. The molecular weight excluding hydrogens is 316 g/mol. The molecule has 0 saturated carbocycles.